The second kappa shape index (κ2) is 5.52. The molecule has 4 N–H and O–H groups in total. The van der Waals surface area contributed by atoms with Gasteiger partial charge in [0.2, 0.25) is 10.0 Å². The van der Waals surface area contributed by atoms with E-state index in [-0.39, 0.29) is 16.7 Å². The first-order valence-electron chi connectivity index (χ1n) is 6.02. The van der Waals surface area contributed by atoms with E-state index in [1.54, 1.807) is 0 Å². The molecule has 20 heavy (non-hydrogen) atoms. The topological polar surface area (TPSA) is 95.4 Å². The molecule has 1 atom stereocenters. The number of ether oxygens (including phenoxy) is 1. The minimum atomic E-state index is -3.81. The van der Waals surface area contributed by atoms with Gasteiger partial charge in [-0.2, -0.15) is 0 Å². The molecule has 0 saturated carbocycles. The van der Waals surface area contributed by atoms with Crippen LogP contribution in [0.1, 0.15) is 18.6 Å². The van der Waals surface area contributed by atoms with Crippen LogP contribution in [0.15, 0.2) is 53.4 Å². The third-order valence-electron chi connectivity index (χ3n) is 2.87. The Bertz CT molecular complexity index is 700. The Kier molecular flexibility index (Phi) is 3.96. The van der Waals surface area contributed by atoms with Crippen LogP contribution in [0.3, 0.4) is 0 Å². The van der Waals surface area contributed by atoms with Crippen LogP contribution in [-0.2, 0) is 10.0 Å². The summed E-state index contributed by atoms with van der Waals surface area (Å²) in [5.74, 6) is 0.492. The van der Waals surface area contributed by atoms with Crippen LogP contribution in [0.25, 0.3) is 0 Å². The van der Waals surface area contributed by atoms with Crippen molar-refractivity contribution in [2.45, 2.75) is 17.9 Å². The zero-order valence-corrected chi connectivity index (χ0v) is 11.8. The molecule has 0 heterocycles. The number of primary sulfonamides is 1. The fourth-order valence-corrected chi connectivity index (χ4v) is 2.50. The molecule has 0 amide bonds. The molecule has 6 heteroatoms. The van der Waals surface area contributed by atoms with Crippen molar-refractivity contribution < 1.29 is 13.2 Å². The van der Waals surface area contributed by atoms with Gasteiger partial charge < -0.3 is 10.5 Å². The second-order valence-electron chi connectivity index (χ2n) is 4.42. The molecule has 0 bridgehead atoms. The molecule has 2 aromatic carbocycles. The number of sulfonamides is 1. The predicted octanol–water partition coefficient (Wildman–Crippen LogP) is 2.06. The van der Waals surface area contributed by atoms with Gasteiger partial charge >= 0.3 is 0 Å². The first-order valence-corrected chi connectivity index (χ1v) is 7.56. The van der Waals surface area contributed by atoms with Crippen LogP contribution in [0.4, 0.5) is 5.69 Å². The van der Waals surface area contributed by atoms with Gasteiger partial charge in [-0.1, -0.05) is 30.3 Å². The molecule has 0 fully saturated rings. The molecular weight excluding hydrogens is 276 g/mol. The highest BCUT2D eigenvalue weighted by Crippen LogP contribution is 2.26. The maximum absolute atomic E-state index is 11.3. The van der Waals surface area contributed by atoms with Crippen LogP contribution in [-0.4, -0.2) is 8.42 Å². The third-order valence-corrected chi connectivity index (χ3v) is 3.85. The van der Waals surface area contributed by atoms with Crippen molar-refractivity contribution in [1.29, 1.82) is 0 Å². The molecule has 0 aliphatic rings. The SMILES string of the molecule is CC(Oc1ccc(S(N)(=O)=O)c(N)c1)c1ccccc1. The summed E-state index contributed by atoms with van der Waals surface area (Å²) in [4.78, 5) is -0.0998. The highest BCUT2D eigenvalue weighted by Gasteiger charge is 2.14. The molecule has 106 valence electrons. The van der Waals surface area contributed by atoms with Gasteiger partial charge in [-0.25, -0.2) is 13.6 Å². The Labute approximate surface area is 118 Å². The van der Waals surface area contributed by atoms with E-state index in [2.05, 4.69) is 0 Å². The van der Waals surface area contributed by atoms with Gasteiger partial charge in [0, 0.05) is 6.07 Å². The number of hydrogen-bond donors (Lipinski definition) is 2. The predicted molar refractivity (Wildman–Crippen MR) is 77.7 cm³/mol. The van der Waals surface area contributed by atoms with Crippen LogP contribution >= 0.6 is 0 Å². The summed E-state index contributed by atoms with van der Waals surface area (Å²) in [6.07, 6.45) is -0.170. The number of hydrogen-bond acceptors (Lipinski definition) is 4. The van der Waals surface area contributed by atoms with Crippen molar-refractivity contribution in [3.05, 3.63) is 54.1 Å². The van der Waals surface area contributed by atoms with Gasteiger partial charge in [0.05, 0.1) is 5.69 Å². The molecule has 0 aliphatic heterocycles. The quantitative estimate of drug-likeness (QED) is 0.843. The van der Waals surface area contributed by atoms with E-state index in [0.29, 0.717) is 5.75 Å². The monoisotopic (exact) mass is 292 g/mol. The molecule has 0 aliphatic carbocycles. The van der Waals surface area contributed by atoms with Gasteiger partial charge in [-0.3, -0.25) is 0 Å². The van der Waals surface area contributed by atoms with E-state index in [4.69, 9.17) is 15.6 Å². The summed E-state index contributed by atoms with van der Waals surface area (Å²) in [6.45, 7) is 1.90. The summed E-state index contributed by atoms with van der Waals surface area (Å²) < 4.78 is 28.3. The number of rotatable bonds is 4. The Balaban J connectivity index is 2.21. The minimum Gasteiger partial charge on any atom is -0.486 e. The number of anilines is 1. The third kappa shape index (κ3) is 3.28. The molecule has 1 unspecified atom stereocenters. The largest absolute Gasteiger partial charge is 0.486 e. The number of nitrogen functional groups attached to an aromatic ring is 1. The molecule has 2 aromatic rings. The molecule has 0 aromatic heterocycles. The lowest BCUT2D eigenvalue weighted by molar-refractivity contribution is 0.227. The maximum atomic E-state index is 11.3. The van der Waals surface area contributed by atoms with Crippen molar-refractivity contribution in [2.75, 3.05) is 5.73 Å². The van der Waals surface area contributed by atoms with E-state index < -0.39 is 10.0 Å². The maximum Gasteiger partial charge on any atom is 0.240 e. The lowest BCUT2D eigenvalue weighted by atomic mass is 10.1. The van der Waals surface area contributed by atoms with Gasteiger partial charge in [0.1, 0.15) is 16.7 Å². The molecule has 0 saturated heterocycles. The molecular formula is C14H16N2O3S. The first-order chi connectivity index (χ1) is 9.38. The van der Waals surface area contributed by atoms with Gasteiger partial charge in [0.15, 0.2) is 0 Å². The lowest BCUT2D eigenvalue weighted by Gasteiger charge is -2.16. The average molecular weight is 292 g/mol. The van der Waals surface area contributed by atoms with Crippen molar-refractivity contribution in [3.8, 4) is 5.75 Å². The van der Waals surface area contributed by atoms with E-state index in [1.165, 1.54) is 18.2 Å². The van der Waals surface area contributed by atoms with E-state index in [1.807, 2.05) is 37.3 Å². The van der Waals surface area contributed by atoms with Gasteiger partial charge in [-0.05, 0) is 24.6 Å². The Hall–Kier alpha value is -2.05. The highest BCUT2D eigenvalue weighted by molar-refractivity contribution is 7.89. The van der Waals surface area contributed by atoms with Crippen LogP contribution < -0.4 is 15.6 Å². The van der Waals surface area contributed by atoms with Crippen molar-refractivity contribution in [3.63, 3.8) is 0 Å². The summed E-state index contributed by atoms with van der Waals surface area (Å²) in [5, 5.41) is 5.05. The van der Waals surface area contributed by atoms with E-state index in [0.717, 1.165) is 5.56 Å². The molecule has 5 nitrogen and oxygen atoms in total. The van der Waals surface area contributed by atoms with Crippen LogP contribution in [0.2, 0.25) is 0 Å². The summed E-state index contributed by atoms with van der Waals surface area (Å²) >= 11 is 0. The summed E-state index contributed by atoms with van der Waals surface area (Å²) in [5.41, 5.74) is 6.77. The zero-order valence-electron chi connectivity index (χ0n) is 11.0. The Morgan fingerprint density at radius 2 is 1.75 bits per heavy atom. The lowest BCUT2D eigenvalue weighted by Crippen LogP contribution is -2.14. The molecule has 0 spiro atoms. The molecule has 0 radical (unpaired) electrons. The minimum absolute atomic E-state index is 0.0743. The van der Waals surface area contributed by atoms with Gasteiger partial charge in [0.25, 0.3) is 0 Å². The standard InChI is InChI=1S/C14H16N2O3S/c1-10(11-5-3-2-4-6-11)19-12-7-8-14(13(15)9-12)20(16,17)18/h2-10H,15H2,1H3,(H2,16,17,18). The number of nitrogens with two attached hydrogens (primary N) is 2. The van der Waals surface area contributed by atoms with Crippen LogP contribution in [0, 0.1) is 0 Å². The van der Waals surface area contributed by atoms with Crippen molar-refractivity contribution in [1.82, 2.24) is 0 Å². The van der Waals surface area contributed by atoms with E-state index >= 15 is 0 Å². The van der Waals surface area contributed by atoms with E-state index in [9.17, 15) is 8.42 Å². The highest BCUT2D eigenvalue weighted by atomic mass is 32.2. The average Bonchev–Trinajstić information content (AvgIpc) is 2.38. The summed E-state index contributed by atoms with van der Waals surface area (Å²) in [7, 11) is -3.81. The normalized spacial score (nSPS) is 12.9. The van der Waals surface area contributed by atoms with Crippen molar-refractivity contribution >= 4 is 15.7 Å². The smallest absolute Gasteiger partial charge is 0.240 e. The zero-order chi connectivity index (χ0) is 14.8. The fourth-order valence-electron chi connectivity index (χ4n) is 1.86. The van der Waals surface area contributed by atoms with Crippen LogP contribution in [0.5, 0.6) is 5.75 Å². The molecule has 2 rings (SSSR count). The first kappa shape index (κ1) is 14.4. The van der Waals surface area contributed by atoms with Gasteiger partial charge in [-0.15, -0.1) is 0 Å². The Morgan fingerprint density at radius 3 is 2.30 bits per heavy atom. The number of benzene rings is 2. The Morgan fingerprint density at radius 1 is 1.10 bits per heavy atom. The summed E-state index contributed by atoms with van der Waals surface area (Å²) in [6, 6.07) is 14.0. The fraction of sp³-hybridized carbons (Fsp3) is 0.143. The second-order valence-corrected chi connectivity index (χ2v) is 5.95. The van der Waals surface area contributed by atoms with Crippen molar-refractivity contribution in [2.24, 2.45) is 5.14 Å².